The third kappa shape index (κ3) is 3.62. The molecule has 0 saturated heterocycles. The molecule has 1 aromatic heterocycles. The molecule has 8 heteroatoms. The van der Waals surface area contributed by atoms with E-state index in [1.54, 1.807) is 6.07 Å². The number of rotatable bonds is 4. The fourth-order valence-corrected chi connectivity index (χ4v) is 1.58. The van der Waals surface area contributed by atoms with Crippen molar-refractivity contribution in [1.29, 1.82) is 0 Å². The van der Waals surface area contributed by atoms with Gasteiger partial charge in [0.15, 0.2) is 0 Å². The Bertz CT molecular complexity index is 716. The summed E-state index contributed by atoms with van der Waals surface area (Å²) in [7, 11) is 1.40. The smallest absolute Gasteiger partial charge is 0.387 e. The SMILES string of the molecule is Cn1nc(C(=O)Nc2ccccc2OC(F)F)ccc1=O. The van der Waals surface area contributed by atoms with Crippen molar-refractivity contribution >= 4 is 11.6 Å². The van der Waals surface area contributed by atoms with E-state index in [4.69, 9.17) is 0 Å². The normalized spacial score (nSPS) is 10.5. The number of hydrogen-bond donors (Lipinski definition) is 1. The van der Waals surface area contributed by atoms with Crippen molar-refractivity contribution in [2.75, 3.05) is 5.32 Å². The standard InChI is InChI=1S/C13H11F2N3O3/c1-18-11(19)7-6-9(17-18)12(20)16-8-4-2-3-5-10(8)21-13(14)15/h2-7,13H,1H3,(H,16,20). The van der Waals surface area contributed by atoms with E-state index in [0.717, 1.165) is 4.68 Å². The van der Waals surface area contributed by atoms with Gasteiger partial charge in [-0.3, -0.25) is 9.59 Å². The van der Waals surface area contributed by atoms with Crippen molar-refractivity contribution in [1.82, 2.24) is 9.78 Å². The first-order chi connectivity index (χ1) is 9.97. The van der Waals surface area contributed by atoms with E-state index in [0.29, 0.717) is 0 Å². The number of para-hydroxylation sites is 2. The highest BCUT2D eigenvalue weighted by Gasteiger charge is 2.14. The molecule has 0 saturated carbocycles. The fourth-order valence-electron chi connectivity index (χ4n) is 1.58. The average molecular weight is 295 g/mol. The number of carbonyl (C=O) groups excluding carboxylic acids is 1. The van der Waals surface area contributed by atoms with Gasteiger partial charge in [-0.25, -0.2) is 4.68 Å². The second kappa shape index (κ2) is 6.12. The van der Waals surface area contributed by atoms with Gasteiger partial charge < -0.3 is 10.1 Å². The maximum absolute atomic E-state index is 12.3. The predicted molar refractivity (Wildman–Crippen MR) is 70.5 cm³/mol. The molecule has 1 N–H and O–H groups in total. The summed E-state index contributed by atoms with van der Waals surface area (Å²) < 4.78 is 29.8. The minimum atomic E-state index is -3.00. The Labute approximate surface area is 118 Å². The highest BCUT2D eigenvalue weighted by atomic mass is 19.3. The predicted octanol–water partition coefficient (Wildman–Crippen LogP) is 1.63. The molecule has 0 radical (unpaired) electrons. The van der Waals surface area contributed by atoms with Crippen LogP contribution >= 0.6 is 0 Å². The molecule has 0 aliphatic heterocycles. The molecule has 2 rings (SSSR count). The molecule has 0 bridgehead atoms. The topological polar surface area (TPSA) is 73.2 Å². The zero-order chi connectivity index (χ0) is 15.4. The molecule has 0 aliphatic carbocycles. The number of aromatic nitrogens is 2. The van der Waals surface area contributed by atoms with Crippen LogP contribution in [-0.4, -0.2) is 22.3 Å². The van der Waals surface area contributed by atoms with Crippen LogP contribution in [0.2, 0.25) is 0 Å². The number of amides is 1. The van der Waals surface area contributed by atoms with E-state index in [-0.39, 0.29) is 22.7 Å². The van der Waals surface area contributed by atoms with Crippen LogP contribution in [-0.2, 0) is 7.05 Å². The van der Waals surface area contributed by atoms with Crippen molar-refractivity contribution < 1.29 is 18.3 Å². The summed E-state index contributed by atoms with van der Waals surface area (Å²) in [6.45, 7) is -3.00. The summed E-state index contributed by atoms with van der Waals surface area (Å²) in [5.74, 6) is -0.804. The molecule has 1 aromatic carbocycles. The largest absolute Gasteiger partial charge is 0.433 e. The van der Waals surface area contributed by atoms with Crippen molar-refractivity contribution in [2.24, 2.45) is 7.05 Å². The fraction of sp³-hybridized carbons (Fsp3) is 0.154. The highest BCUT2D eigenvalue weighted by Crippen LogP contribution is 2.25. The Hall–Kier alpha value is -2.77. The third-order valence-corrected chi connectivity index (χ3v) is 2.54. The number of alkyl halides is 2. The van der Waals surface area contributed by atoms with E-state index < -0.39 is 12.5 Å². The Kier molecular flexibility index (Phi) is 4.27. The monoisotopic (exact) mass is 295 g/mol. The van der Waals surface area contributed by atoms with E-state index in [9.17, 15) is 18.4 Å². The van der Waals surface area contributed by atoms with E-state index >= 15 is 0 Å². The molecule has 110 valence electrons. The first-order valence-corrected chi connectivity index (χ1v) is 5.87. The molecule has 0 aliphatic rings. The minimum Gasteiger partial charge on any atom is -0.433 e. The van der Waals surface area contributed by atoms with Gasteiger partial charge >= 0.3 is 6.61 Å². The lowest BCUT2D eigenvalue weighted by atomic mass is 10.2. The zero-order valence-corrected chi connectivity index (χ0v) is 10.9. The summed E-state index contributed by atoms with van der Waals surface area (Å²) in [4.78, 5) is 23.2. The van der Waals surface area contributed by atoms with Gasteiger partial charge in [0.1, 0.15) is 11.4 Å². The number of nitrogens with zero attached hydrogens (tertiary/aromatic N) is 2. The van der Waals surface area contributed by atoms with Gasteiger partial charge in [0, 0.05) is 13.1 Å². The third-order valence-electron chi connectivity index (χ3n) is 2.54. The zero-order valence-electron chi connectivity index (χ0n) is 10.9. The van der Waals surface area contributed by atoms with E-state index in [1.807, 2.05) is 0 Å². The number of aryl methyl sites for hydroxylation is 1. The van der Waals surface area contributed by atoms with Gasteiger partial charge in [0.05, 0.1) is 5.69 Å². The molecule has 0 spiro atoms. The molecule has 1 amide bonds. The van der Waals surface area contributed by atoms with E-state index in [2.05, 4.69) is 15.2 Å². The molecular weight excluding hydrogens is 284 g/mol. The number of nitrogens with one attached hydrogen (secondary N) is 1. The Balaban J connectivity index is 2.23. The van der Waals surface area contributed by atoms with Crippen molar-refractivity contribution in [3.05, 3.63) is 52.4 Å². The van der Waals surface area contributed by atoms with Gasteiger partial charge in [-0.05, 0) is 18.2 Å². The molecule has 2 aromatic rings. The lowest BCUT2D eigenvalue weighted by Crippen LogP contribution is -2.23. The van der Waals surface area contributed by atoms with Crippen LogP contribution in [0.5, 0.6) is 5.75 Å². The summed E-state index contributed by atoms with van der Waals surface area (Å²) in [5.41, 5.74) is -0.310. The number of benzene rings is 1. The second-order valence-corrected chi connectivity index (χ2v) is 4.01. The lowest BCUT2D eigenvalue weighted by Gasteiger charge is -2.11. The van der Waals surface area contributed by atoms with Crippen LogP contribution < -0.4 is 15.6 Å². The van der Waals surface area contributed by atoms with E-state index in [1.165, 1.54) is 37.4 Å². The number of hydrogen-bond acceptors (Lipinski definition) is 4. The Morgan fingerprint density at radius 3 is 2.67 bits per heavy atom. The van der Waals surface area contributed by atoms with Crippen LogP contribution in [0, 0.1) is 0 Å². The van der Waals surface area contributed by atoms with Crippen LogP contribution in [0.3, 0.4) is 0 Å². The molecular formula is C13H11F2N3O3. The van der Waals surface area contributed by atoms with Crippen LogP contribution in [0.25, 0.3) is 0 Å². The van der Waals surface area contributed by atoms with Gasteiger partial charge in [0.2, 0.25) is 0 Å². The molecule has 0 unspecified atom stereocenters. The minimum absolute atomic E-state index is 0.0241. The summed E-state index contributed by atoms with van der Waals surface area (Å²) in [5, 5.41) is 6.17. The van der Waals surface area contributed by atoms with Crippen LogP contribution in [0.4, 0.5) is 14.5 Å². The molecule has 21 heavy (non-hydrogen) atoms. The molecule has 6 nitrogen and oxygen atoms in total. The summed E-state index contributed by atoms with van der Waals surface area (Å²) >= 11 is 0. The van der Waals surface area contributed by atoms with Gasteiger partial charge in [0.25, 0.3) is 11.5 Å². The maximum Gasteiger partial charge on any atom is 0.387 e. The molecule has 0 fully saturated rings. The first-order valence-electron chi connectivity index (χ1n) is 5.87. The first kappa shape index (κ1) is 14.6. The van der Waals surface area contributed by atoms with Crippen molar-refractivity contribution in [3.8, 4) is 5.75 Å². The Morgan fingerprint density at radius 2 is 2.00 bits per heavy atom. The highest BCUT2D eigenvalue weighted by molar-refractivity contribution is 6.03. The van der Waals surface area contributed by atoms with Gasteiger partial charge in [-0.1, -0.05) is 12.1 Å². The maximum atomic E-state index is 12.3. The second-order valence-electron chi connectivity index (χ2n) is 4.01. The molecule has 1 heterocycles. The van der Waals surface area contributed by atoms with Crippen LogP contribution in [0.1, 0.15) is 10.5 Å². The summed E-state index contributed by atoms with van der Waals surface area (Å²) in [6.07, 6.45) is 0. The number of carbonyl (C=O) groups is 1. The quantitative estimate of drug-likeness (QED) is 0.930. The lowest BCUT2D eigenvalue weighted by molar-refractivity contribution is -0.0493. The average Bonchev–Trinajstić information content (AvgIpc) is 2.43. The van der Waals surface area contributed by atoms with Crippen LogP contribution in [0.15, 0.2) is 41.2 Å². The number of halogens is 2. The van der Waals surface area contributed by atoms with Gasteiger partial charge in [-0.2, -0.15) is 13.9 Å². The number of ether oxygens (including phenoxy) is 1. The van der Waals surface area contributed by atoms with Gasteiger partial charge in [-0.15, -0.1) is 0 Å². The molecule has 0 atom stereocenters. The number of anilines is 1. The summed E-state index contributed by atoms with van der Waals surface area (Å²) in [6, 6.07) is 8.20. The Morgan fingerprint density at radius 1 is 1.29 bits per heavy atom. The van der Waals surface area contributed by atoms with Crippen molar-refractivity contribution in [2.45, 2.75) is 6.61 Å². The van der Waals surface area contributed by atoms with Crippen molar-refractivity contribution in [3.63, 3.8) is 0 Å².